The first-order valence-electron chi connectivity index (χ1n) is 9.34. The van der Waals surface area contributed by atoms with Gasteiger partial charge in [0, 0.05) is 32.2 Å². The second-order valence-electron chi connectivity index (χ2n) is 7.67. The number of aromatic nitrogens is 2. The number of anilines is 1. The number of nitrogens with zero attached hydrogens (tertiary/aromatic N) is 4. The molecule has 1 fully saturated rings. The maximum atomic E-state index is 13.1. The van der Waals surface area contributed by atoms with Crippen LogP contribution in [0.5, 0.6) is 0 Å². The van der Waals surface area contributed by atoms with Crippen molar-refractivity contribution in [1.82, 2.24) is 14.9 Å². The third kappa shape index (κ3) is 4.23. The molecule has 0 unspecified atom stereocenters. The van der Waals surface area contributed by atoms with Crippen molar-refractivity contribution in [2.24, 2.45) is 12.5 Å². The molecule has 0 spiro atoms. The second-order valence-corrected chi connectivity index (χ2v) is 8.45. The summed E-state index contributed by atoms with van der Waals surface area (Å²) in [6, 6.07) is 6.91. The van der Waals surface area contributed by atoms with Crippen LogP contribution in [0.1, 0.15) is 25.5 Å². The van der Waals surface area contributed by atoms with Crippen LogP contribution >= 0.6 is 23.2 Å². The van der Waals surface area contributed by atoms with Gasteiger partial charge < -0.3 is 15.3 Å². The summed E-state index contributed by atoms with van der Waals surface area (Å²) in [5.41, 5.74) is -0.102. The van der Waals surface area contributed by atoms with Crippen LogP contribution < -0.4 is 15.8 Å². The van der Waals surface area contributed by atoms with Gasteiger partial charge in [0.05, 0.1) is 15.6 Å². The van der Waals surface area contributed by atoms with Crippen molar-refractivity contribution in [2.45, 2.75) is 19.8 Å². The minimum Gasteiger partial charge on any atom is -0.465 e. The molecule has 2 N–H and O–H groups in total. The minimum absolute atomic E-state index is 0.0156. The van der Waals surface area contributed by atoms with E-state index in [1.807, 2.05) is 17.9 Å². The lowest BCUT2D eigenvalue weighted by Gasteiger charge is -2.40. The molecule has 0 bridgehead atoms. The van der Waals surface area contributed by atoms with Crippen LogP contribution in [0.25, 0.3) is 11.1 Å². The molecule has 1 aromatic carbocycles. The van der Waals surface area contributed by atoms with Gasteiger partial charge >= 0.3 is 6.09 Å². The van der Waals surface area contributed by atoms with Gasteiger partial charge in [-0.1, -0.05) is 42.3 Å². The Morgan fingerprint density at radius 3 is 2.63 bits per heavy atom. The van der Waals surface area contributed by atoms with Crippen LogP contribution in [0.15, 0.2) is 23.0 Å². The van der Waals surface area contributed by atoms with Crippen molar-refractivity contribution in [1.29, 1.82) is 5.26 Å². The summed E-state index contributed by atoms with van der Waals surface area (Å²) in [7, 11) is 1.60. The first-order valence-corrected chi connectivity index (χ1v) is 10.1. The van der Waals surface area contributed by atoms with E-state index in [1.165, 1.54) is 4.57 Å². The molecular weight excluding hydrogens is 429 g/mol. The van der Waals surface area contributed by atoms with Gasteiger partial charge in [-0.05, 0) is 24.3 Å². The van der Waals surface area contributed by atoms with Crippen LogP contribution in [-0.2, 0) is 7.05 Å². The van der Waals surface area contributed by atoms with Gasteiger partial charge in [-0.3, -0.25) is 9.36 Å². The number of rotatable bonds is 4. The third-order valence-electron chi connectivity index (χ3n) is 5.51. The van der Waals surface area contributed by atoms with Crippen molar-refractivity contribution in [3.63, 3.8) is 0 Å². The van der Waals surface area contributed by atoms with Crippen LogP contribution in [0.3, 0.4) is 0 Å². The van der Waals surface area contributed by atoms with Crippen molar-refractivity contribution in [2.75, 3.05) is 24.5 Å². The fourth-order valence-electron chi connectivity index (χ4n) is 3.61. The lowest BCUT2D eigenvalue weighted by atomic mass is 9.80. The van der Waals surface area contributed by atoms with Crippen molar-refractivity contribution in [3.8, 4) is 17.2 Å². The van der Waals surface area contributed by atoms with Crippen LogP contribution in [0.4, 0.5) is 10.7 Å². The number of nitriles is 1. The molecule has 0 atom stereocenters. The molecule has 158 valence electrons. The normalized spacial score (nSPS) is 15.5. The van der Waals surface area contributed by atoms with E-state index in [0.717, 1.165) is 0 Å². The molecule has 1 saturated heterocycles. The SMILES string of the molecule is Cn1c(N2CCC(C)(CNC(=O)O)CC2)nc(C#N)c(-c2cccc(Cl)c2Cl)c1=O. The summed E-state index contributed by atoms with van der Waals surface area (Å²) >= 11 is 12.4. The van der Waals surface area contributed by atoms with Crippen molar-refractivity contribution < 1.29 is 9.90 Å². The minimum atomic E-state index is -1.04. The summed E-state index contributed by atoms with van der Waals surface area (Å²) in [4.78, 5) is 30.3. The smallest absolute Gasteiger partial charge is 0.404 e. The summed E-state index contributed by atoms with van der Waals surface area (Å²) in [5, 5.41) is 21.4. The van der Waals surface area contributed by atoms with Gasteiger partial charge in [-0.15, -0.1) is 0 Å². The second kappa shape index (κ2) is 8.54. The average Bonchev–Trinajstić information content (AvgIpc) is 2.72. The number of benzene rings is 1. The number of carbonyl (C=O) groups is 1. The number of piperidine rings is 1. The van der Waals surface area contributed by atoms with E-state index in [2.05, 4.69) is 10.3 Å². The first-order chi connectivity index (χ1) is 14.2. The molecule has 1 amide bonds. The summed E-state index contributed by atoms with van der Waals surface area (Å²) in [6.45, 7) is 3.55. The molecule has 0 saturated carbocycles. The Morgan fingerprint density at radius 1 is 1.37 bits per heavy atom. The number of hydrogen-bond acceptors (Lipinski definition) is 5. The van der Waals surface area contributed by atoms with E-state index in [9.17, 15) is 14.9 Å². The Bertz CT molecular complexity index is 1090. The van der Waals surface area contributed by atoms with Gasteiger partial charge in [0.15, 0.2) is 5.69 Å². The first kappa shape index (κ1) is 21.9. The van der Waals surface area contributed by atoms with Crippen molar-refractivity contribution >= 4 is 35.2 Å². The number of hydrogen-bond donors (Lipinski definition) is 2. The van der Waals surface area contributed by atoms with E-state index >= 15 is 0 Å². The van der Waals surface area contributed by atoms with E-state index in [0.29, 0.717) is 44.0 Å². The lowest BCUT2D eigenvalue weighted by molar-refractivity contribution is 0.178. The largest absolute Gasteiger partial charge is 0.465 e. The quantitative estimate of drug-likeness (QED) is 0.738. The predicted molar refractivity (Wildman–Crippen MR) is 115 cm³/mol. The highest BCUT2D eigenvalue weighted by Gasteiger charge is 2.32. The zero-order chi connectivity index (χ0) is 22.1. The molecule has 3 rings (SSSR count). The highest BCUT2D eigenvalue weighted by molar-refractivity contribution is 6.43. The molecule has 2 aromatic rings. The molecule has 2 heterocycles. The van der Waals surface area contributed by atoms with E-state index < -0.39 is 6.09 Å². The molecule has 0 aliphatic carbocycles. The van der Waals surface area contributed by atoms with Crippen LogP contribution in [0.2, 0.25) is 10.0 Å². The third-order valence-corrected chi connectivity index (χ3v) is 6.33. The fraction of sp³-hybridized carbons (Fsp3) is 0.400. The van der Waals surface area contributed by atoms with Crippen molar-refractivity contribution in [3.05, 3.63) is 44.3 Å². The molecule has 1 aliphatic rings. The highest BCUT2D eigenvalue weighted by Crippen LogP contribution is 2.35. The molecule has 10 heteroatoms. The number of amides is 1. The number of carboxylic acid groups (broad SMARTS) is 1. The summed E-state index contributed by atoms with van der Waals surface area (Å²) < 4.78 is 1.41. The summed E-state index contributed by atoms with van der Waals surface area (Å²) in [6.07, 6.45) is 0.386. The zero-order valence-electron chi connectivity index (χ0n) is 16.6. The maximum absolute atomic E-state index is 13.1. The Labute approximate surface area is 183 Å². The van der Waals surface area contributed by atoms with E-state index in [1.54, 1.807) is 25.2 Å². The molecule has 1 aromatic heterocycles. The Hall–Kier alpha value is -2.76. The van der Waals surface area contributed by atoms with Gasteiger partial charge in [-0.2, -0.15) is 5.26 Å². The molecule has 8 nitrogen and oxygen atoms in total. The standard InChI is InChI=1S/C20H21Cl2N5O3/c1-20(11-24-19(29)30)6-8-27(9-7-20)18-25-14(10-23)15(17(28)26(18)2)12-4-3-5-13(21)16(12)22/h3-5,24H,6-9,11H2,1-2H3,(H,29,30). The fourth-order valence-corrected chi connectivity index (χ4v) is 4.00. The average molecular weight is 450 g/mol. The predicted octanol–water partition coefficient (Wildman–Crippen LogP) is 3.50. The summed E-state index contributed by atoms with van der Waals surface area (Å²) in [5.74, 6) is 0.395. The topological polar surface area (TPSA) is 111 Å². The van der Waals surface area contributed by atoms with Crippen LogP contribution in [-0.4, -0.2) is 40.4 Å². The maximum Gasteiger partial charge on any atom is 0.404 e. The van der Waals surface area contributed by atoms with Gasteiger partial charge in [0.1, 0.15) is 6.07 Å². The monoisotopic (exact) mass is 449 g/mol. The van der Waals surface area contributed by atoms with Crippen LogP contribution in [0, 0.1) is 16.7 Å². The number of nitrogens with one attached hydrogen (secondary N) is 1. The number of halogens is 2. The zero-order valence-corrected chi connectivity index (χ0v) is 18.1. The highest BCUT2D eigenvalue weighted by atomic mass is 35.5. The Kier molecular flexibility index (Phi) is 6.25. The molecule has 0 radical (unpaired) electrons. The van der Waals surface area contributed by atoms with Gasteiger partial charge in [0.2, 0.25) is 5.95 Å². The van der Waals surface area contributed by atoms with E-state index in [4.69, 9.17) is 28.3 Å². The lowest BCUT2D eigenvalue weighted by Crippen LogP contribution is -2.46. The molecule has 1 aliphatic heterocycles. The van der Waals surface area contributed by atoms with Gasteiger partial charge in [0.25, 0.3) is 5.56 Å². The van der Waals surface area contributed by atoms with E-state index in [-0.39, 0.29) is 32.3 Å². The Morgan fingerprint density at radius 2 is 2.03 bits per heavy atom. The molecule has 30 heavy (non-hydrogen) atoms. The Balaban J connectivity index is 1.95. The van der Waals surface area contributed by atoms with Gasteiger partial charge in [-0.25, -0.2) is 9.78 Å². The molecular formula is C20H21Cl2N5O3.